The van der Waals surface area contributed by atoms with Gasteiger partial charge in [-0.05, 0) is 12.2 Å². The van der Waals surface area contributed by atoms with E-state index in [9.17, 15) is 9.36 Å². The minimum Gasteiger partial charge on any atom is -0.480 e. The molecule has 0 heterocycles. The molecule has 0 radical (unpaired) electrons. The Morgan fingerprint density at radius 1 is 1.43 bits per heavy atom. The summed E-state index contributed by atoms with van der Waals surface area (Å²) in [6.07, 6.45) is -0.598. The molecule has 0 aromatic carbocycles. The summed E-state index contributed by atoms with van der Waals surface area (Å²) in [4.78, 5) is 26.1. The summed E-state index contributed by atoms with van der Waals surface area (Å²) < 4.78 is 10.1. The van der Waals surface area contributed by atoms with Crippen LogP contribution in [0.1, 0.15) is 0 Å². The molecule has 0 saturated heterocycles. The van der Waals surface area contributed by atoms with Crippen LogP contribution in [0.5, 0.6) is 0 Å². The second-order valence-electron chi connectivity index (χ2n) is 2.05. The summed E-state index contributed by atoms with van der Waals surface area (Å²) >= 11 is 4.09. The number of carboxylic acids is 1. The average Bonchev–Trinajstić information content (AvgIpc) is 1.80. The molecule has 0 aliphatic rings. The maximum atomic E-state index is 10.1. The maximum absolute atomic E-state index is 10.1. The van der Waals surface area contributed by atoms with Gasteiger partial charge < -0.3 is 26.4 Å². The zero-order valence-corrected chi connectivity index (χ0v) is 8.79. The average molecular weight is 245 g/mol. The topological polar surface area (TPSA) is 159 Å². The number of nitrogens with one attached hydrogen (secondary N) is 1. The number of rotatable bonds is 4. The molecule has 14 heavy (non-hydrogen) atoms. The van der Waals surface area contributed by atoms with Crippen LogP contribution in [0, 0.1) is 0 Å². The van der Waals surface area contributed by atoms with Crippen molar-refractivity contribution >= 4 is 30.9 Å². The lowest BCUT2D eigenvalue weighted by Crippen LogP contribution is -2.23. The highest BCUT2D eigenvalue weighted by Gasteiger charge is 2.11. The fourth-order valence-corrected chi connectivity index (χ4v) is 0.712. The highest BCUT2D eigenvalue weighted by molar-refractivity contribution is 7.80. The van der Waals surface area contributed by atoms with E-state index in [1.54, 1.807) is 0 Å². The lowest BCUT2D eigenvalue weighted by molar-refractivity contribution is -0.135. The molecule has 0 aromatic heterocycles. The van der Waals surface area contributed by atoms with Crippen molar-refractivity contribution in [1.29, 1.82) is 0 Å². The van der Waals surface area contributed by atoms with E-state index in [0.29, 0.717) is 0 Å². The van der Waals surface area contributed by atoms with Crippen LogP contribution in [0.25, 0.3) is 0 Å². The summed E-state index contributed by atoms with van der Waals surface area (Å²) in [5.41, 5.74) is 9.24. The van der Waals surface area contributed by atoms with E-state index in [-0.39, 0.29) is 5.11 Å². The Hall–Kier alpha value is -0.730. The van der Waals surface area contributed by atoms with Crippen molar-refractivity contribution in [2.24, 2.45) is 11.5 Å². The molecular formula is C4H12N3O5PS. The van der Waals surface area contributed by atoms with Crippen molar-refractivity contribution < 1.29 is 24.3 Å². The molecule has 0 amide bonds. The zero-order chi connectivity index (χ0) is 11.8. The maximum Gasteiger partial charge on any atom is 0.339 e. The third kappa shape index (κ3) is 30.2. The van der Waals surface area contributed by atoms with Gasteiger partial charge in [0.25, 0.3) is 0 Å². The first-order valence-electron chi connectivity index (χ1n) is 3.17. The van der Waals surface area contributed by atoms with Gasteiger partial charge >= 0.3 is 13.6 Å². The second-order valence-corrected chi connectivity index (χ2v) is 4.16. The standard InChI is InChI=1S/C3H8NO5P.CH4N2S/c5-3(6)1-4-2-10(7,8)9;2-1(3)4/h4H,1-2H2,(H,5,6)(H2,7,8,9);(H4,2,3,4). The van der Waals surface area contributed by atoms with Crippen LogP contribution in [-0.2, 0) is 9.36 Å². The van der Waals surface area contributed by atoms with E-state index < -0.39 is 26.4 Å². The number of hydrogen-bond acceptors (Lipinski definition) is 4. The highest BCUT2D eigenvalue weighted by atomic mass is 32.1. The monoisotopic (exact) mass is 245 g/mol. The Morgan fingerprint density at radius 2 is 1.79 bits per heavy atom. The van der Waals surface area contributed by atoms with Gasteiger partial charge in [0.05, 0.1) is 12.8 Å². The first-order valence-corrected chi connectivity index (χ1v) is 5.37. The highest BCUT2D eigenvalue weighted by Crippen LogP contribution is 2.31. The fraction of sp³-hybridized carbons (Fsp3) is 0.500. The molecule has 84 valence electrons. The van der Waals surface area contributed by atoms with Gasteiger partial charge in [-0.1, -0.05) is 0 Å². The van der Waals surface area contributed by atoms with Crippen LogP contribution in [0.2, 0.25) is 0 Å². The fourth-order valence-electron chi connectivity index (χ4n) is 0.308. The molecule has 0 aliphatic carbocycles. The Bertz CT molecular complexity index is 237. The van der Waals surface area contributed by atoms with Gasteiger partial charge in [-0.15, -0.1) is 0 Å². The second kappa shape index (κ2) is 7.65. The molecule has 0 rings (SSSR count). The molecule has 0 saturated carbocycles. The predicted octanol–water partition coefficient (Wildman–Crippen LogP) is -2.02. The molecule has 0 bridgehead atoms. The third-order valence-corrected chi connectivity index (χ3v) is 1.23. The summed E-state index contributed by atoms with van der Waals surface area (Å²) in [5.74, 6) is -1.14. The Kier molecular flexibility index (Phi) is 8.60. The minimum absolute atomic E-state index is 0.000000000000000222. The quantitative estimate of drug-likeness (QED) is 0.243. The van der Waals surface area contributed by atoms with Crippen LogP contribution in [-0.4, -0.2) is 38.8 Å². The normalized spacial score (nSPS) is 9.86. The van der Waals surface area contributed by atoms with Crippen LogP contribution in [0.4, 0.5) is 0 Å². The molecular weight excluding hydrogens is 233 g/mol. The van der Waals surface area contributed by atoms with Crippen LogP contribution in [0.3, 0.4) is 0 Å². The van der Waals surface area contributed by atoms with E-state index in [1.807, 2.05) is 0 Å². The molecule has 8 N–H and O–H groups in total. The first kappa shape index (κ1) is 15.7. The number of hydrogen-bond donors (Lipinski definition) is 6. The van der Waals surface area contributed by atoms with E-state index >= 15 is 0 Å². The minimum atomic E-state index is -4.10. The van der Waals surface area contributed by atoms with Gasteiger partial charge in [0, 0.05) is 0 Å². The van der Waals surface area contributed by atoms with E-state index in [4.69, 9.17) is 14.9 Å². The summed E-state index contributed by atoms with van der Waals surface area (Å²) in [5, 5.41) is 10.1. The molecule has 8 nitrogen and oxygen atoms in total. The zero-order valence-electron chi connectivity index (χ0n) is 7.08. The molecule has 10 heteroatoms. The number of thiocarbonyl (C=S) groups is 1. The summed E-state index contributed by atoms with van der Waals surface area (Å²) in [6.45, 7) is -0.439. The third-order valence-electron chi connectivity index (χ3n) is 0.594. The van der Waals surface area contributed by atoms with Crippen LogP contribution in [0.15, 0.2) is 0 Å². The lowest BCUT2D eigenvalue weighted by Gasteiger charge is -2.02. The van der Waals surface area contributed by atoms with Gasteiger partial charge in [0.15, 0.2) is 5.11 Å². The van der Waals surface area contributed by atoms with Crippen molar-refractivity contribution in [1.82, 2.24) is 5.32 Å². The smallest absolute Gasteiger partial charge is 0.339 e. The lowest BCUT2D eigenvalue weighted by atomic mass is 10.7. The van der Waals surface area contributed by atoms with Crippen LogP contribution >= 0.6 is 19.8 Å². The number of aliphatic carboxylic acids is 1. The molecule has 0 aliphatic heterocycles. The van der Waals surface area contributed by atoms with E-state index in [2.05, 4.69) is 29.0 Å². The van der Waals surface area contributed by atoms with Gasteiger partial charge in [0.1, 0.15) is 0 Å². The number of carbonyl (C=O) groups is 1. The Balaban J connectivity index is 0. The molecule has 0 spiro atoms. The molecule has 0 fully saturated rings. The van der Waals surface area contributed by atoms with Crippen molar-refractivity contribution in [3.63, 3.8) is 0 Å². The van der Waals surface area contributed by atoms with Crippen LogP contribution < -0.4 is 16.8 Å². The van der Waals surface area contributed by atoms with Gasteiger partial charge in [-0.25, -0.2) is 0 Å². The van der Waals surface area contributed by atoms with E-state index in [1.165, 1.54) is 0 Å². The number of carboxylic acid groups (broad SMARTS) is 1. The molecule has 0 aromatic rings. The summed E-state index contributed by atoms with van der Waals surface area (Å²) in [6, 6.07) is 0. The van der Waals surface area contributed by atoms with Crippen molar-refractivity contribution in [2.75, 3.05) is 12.8 Å². The van der Waals surface area contributed by atoms with Gasteiger partial charge in [-0.2, -0.15) is 0 Å². The van der Waals surface area contributed by atoms with Crippen molar-refractivity contribution in [3.8, 4) is 0 Å². The Labute approximate surface area is 85.4 Å². The largest absolute Gasteiger partial charge is 0.480 e. The van der Waals surface area contributed by atoms with E-state index in [0.717, 1.165) is 0 Å². The van der Waals surface area contributed by atoms with Gasteiger partial charge in [-0.3, -0.25) is 14.7 Å². The summed E-state index contributed by atoms with van der Waals surface area (Å²) in [7, 11) is -4.10. The number of nitrogens with two attached hydrogens (primary N) is 2. The molecule has 0 atom stereocenters. The Morgan fingerprint density at radius 3 is 2.00 bits per heavy atom. The van der Waals surface area contributed by atoms with Gasteiger partial charge in [0.2, 0.25) is 0 Å². The SMILES string of the molecule is NC(N)=S.O=C(O)CNCP(=O)(O)O. The van der Waals surface area contributed by atoms with Crippen molar-refractivity contribution in [3.05, 3.63) is 0 Å². The van der Waals surface area contributed by atoms with Crippen molar-refractivity contribution in [2.45, 2.75) is 0 Å². The first-order chi connectivity index (χ1) is 6.15. The predicted molar refractivity (Wildman–Crippen MR) is 53.5 cm³/mol. The molecule has 0 unspecified atom stereocenters.